The third-order valence-electron chi connectivity index (χ3n) is 13.1. The van der Waals surface area contributed by atoms with Crippen molar-refractivity contribution in [1.82, 2.24) is 4.57 Å². The summed E-state index contributed by atoms with van der Waals surface area (Å²) in [7, 11) is 0. The van der Waals surface area contributed by atoms with Gasteiger partial charge >= 0.3 is 0 Å². The van der Waals surface area contributed by atoms with E-state index in [2.05, 4.69) is 217 Å². The average molecular weight is 734 g/mol. The molecule has 1 spiro atoms. The minimum Gasteiger partial charge on any atom is -0.309 e. The van der Waals surface area contributed by atoms with Gasteiger partial charge in [-0.1, -0.05) is 170 Å². The van der Waals surface area contributed by atoms with Crippen LogP contribution < -0.4 is 0 Å². The molecular formula is C57H35N. The number of para-hydroxylation sites is 2. The third-order valence-corrected chi connectivity index (χ3v) is 13.1. The maximum absolute atomic E-state index is 2.44. The average Bonchev–Trinajstić information content (AvgIpc) is 3.91. The van der Waals surface area contributed by atoms with Crippen LogP contribution in [-0.4, -0.2) is 4.57 Å². The third kappa shape index (κ3) is 4.15. The number of nitrogens with zero attached hydrogens (tertiary/aromatic N) is 1. The molecule has 1 nitrogen and oxygen atoms in total. The smallest absolute Gasteiger partial charge is 0.0731 e. The van der Waals surface area contributed by atoms with E-state index in [1.54, 1.807) is 0 Å². The van der Waals surface area contributed by atoms with Gasteiger partial charge in [0.2, 0.25) is 0 Å². The van der Waals surface area contributed by atoms with Gasteiger partial charge in [0.15, 0.2) is 0 Å². The molecule has 2 aliphatic rings. The van der Waals surface area contributed by atoms with E-state index >= 15 is 0 Å². The highest BCUT2D eigenvalue weighted by molar-refractivity contribution is 6.11. The van der Waals surface area contributed by atoms with E-state index in [1.807, 2.05) is 0 Å². The predicted molar refractivity (Wildman–Crippen MR) is 243 cm³/mol. The zero-order valence-electron chi connectivity index (χ0n) is 31.7. The Bertz CT molecular complexity index is 3470. The standard InChI is InChI=1S/C57H35N/c1-2-15-42(16-3-1)58-53-25-13-9-20-46(53)47-31-30-39(35-54(47)58)37-26-27-38-33-41(29-28-36(38)32-37)49-34-40-14-4-5-17-43(40)56-55(49)48-21-8-12-24-52(48)57(56)50-22-10-6-18-44(50)45-19-7-11-23-51(45)57/h1-35H. The molecule has 58 heavy (non-hydrogen) atoms. The van der Waals surface area contributed by atoms with Crippen LogP contribution >= 0.6 is 0 Å². The summed E-state index contributed by atoms with van der Waals surface area (Å²) in [6.45, 7) is 0. The molecule has 0 saturated heterocycles. The molecular weight excluding hydrogens is 699 g/mol. The fourth-order valence-corrected chi connectivity index (χ4v) is 10.8. The van der Waals surface area contributed by atoms with Crippen molar-refractivity contribution in [2.75, 3.05) is 0 Å². The molecule has 0 bridgehead atoms. The lowest BCUT2D eigenvalue weighted by molar-refractivity contribution is 0.801. The molecule has 1 heterocycles. The molecule has 1 heteroatoms. The summed E-state index contributed by atoms with van der Waals surface area (Å²) in [6.07, 6.45) is 0. The highest BCUT2D eigenvalue weighted by atomic mass is 15.0. The lowest BCUT2D eigenvalue weighted by Gasteiger charge is -2.31. The molecule has 0 atom stereocenters. The van der Waals surface area contributed by atoms with E-state index in [0.29, 0.717) is 0 Å². The van der Waals surface area contributed by atoms with E-state index in [1.165, 1.54) is 116 Å². The molecule has 268 valence electrons. The summed E-state index contributed by atoms with van der Waals surface area (Å²) in [5.74, 6) is 0. The second-order valence-corrected chi connectivity index (χ2v) is 16.0. The first kappa shape index (κ1) is 31.7. The molecule has 0 amide bonds. The van der Waals surface area contributed by atoms with Gasteiger partial charge in [0.05, 0.1) is 16.4 Å². The summed E-state index contributed by atoms with van der Waals surface area (Å²) in [4.78, 5) is 0. The van der Waals surface area contributed by atoms with Crippen molar-refractivity contribution in [2.45, 2.75) is 5.41 Å². The summed E-state index contributed by atoms with van der Waals surface area (Å²) in [5, 5.41) is 7.60. The van der Waals surface area contributed by atoms with Gasteiger partial charge in [-0.15, -0.1) is 0 Å². The summed E-state index contributed by atoms with van der Waals surface area (Å²) in [5.41, 5.74) is 19.0. The number of rotatable bonds is 3. The van der Waals surface area contributed by atoms with E-state index in [9.17, 15) is 0 Å². The van der Waals surface area contributed by atoms with Crippen LogP contribution in [0.4, 0.5) is 0 Å². The van der Waals surface area contributed by atoms with Crippen molar-refractivity contribution in [1.29, 1.82) is 0 Å². The minimum absolute atomic E-state index is 0.409. The predicted octanol–water partition coefficient (Wildman–Crippen LogP) is 14.8. The van der Waals surface area contributed by atoms with Crippen LogP contribution in [0.5, 0.6) is 0 Å². The molecule has 0 fully saturated rings. The quantitative estimate of drug-likeness (QED) is 0.170. The highest BCUT2D eigenvalue weighted by Crippen LogP contribution is 2.65. The first-order valence-corrected chi connectivity index (χ1v) is 20.3. The Morgan fingerprint density at radius 1 is 0.310 bits per heavy atom. The zero-order valence-corrected chi connectivity index (χ0v) is 31.7. The molecule has 10 aromatic carbocycles. The zero-order chi connectivity index (χ0) is 38.0. The van der Waals surface area contributed by atoms with E-state index < -0.39 is 5.41 Å². The molecule has 0 unspecified atom stereocenters. The van der Waals surface area contributed by atoms with Gasteiger partial charge in [-0.3, -0.25) is 0 Å². The van der Waals surface area contributed by atoms with Gasteiger partial charge < -0.3 is 4.57 Å². The molecule has 0 saturated carbocycles. The molecule has 2 aliphatic carbocycles. The summed E-state index contributed by atoms with van der Waals surface area (Å²) >= 11 is 0. The molecule has 11 aromatic rings. The van der Waals surface area contributed by atoms with Crippen molar-refractivity contribution >= 4 is 43.4 Å². The van der Waals surface area contributed by atoms with Gasteiger partial charge in [0.25, 0.3) is 0 Å². The van der Waals surface area contributed by atoms with Crippen molar-refractivity contribution in [2.24, 2.45) is 0 Å². The van der Waals surface area contributed by atoms with Crippen LogP contribution in [-0.2, 0) is 5.41 Å². The first-order chi connectivity index (χ1) is 28.8. The van der Waals surface area contributed by atoms with Crippen molar-refractivity contribution in [3.63, 3.8) is 0 Å². The SMILES string of the molecule is c1ccc(-n2c3ccccc3c3ccc(-c4ccc5cc(-c6cc7ccccc7c7c6-c6ccccc6C76c7ccccc7-c7ccccc76)ccc5c4)cc32)cc1. The maximum atomic E-state index is 2.44. The van der Waals surface area contributed by atoms with Gasteiger partial charge in [0.1, 0.15) is 0 Å². The van der Waals surface area contributed by atoms with E-state index in [0.717, 1.165) is 0 Å². The Kier molecular flexibility index (Phi) is 6.43. The molecule has 1 aromatic heterocycles. The Morgan fingerprint density at radius 3 is 1.60 bits per heavy atom. The largest absolute Gasteiger partial charge is 0.309 e. The Balaban J connectivity index is 1.01. The maximum Gasteiger partial charge on any atom is 0.0731 e. The molecule has 13 rings (SSSR count). The topological polar surface area (TPSA) is 4.93 Å². The number of fused-ring (bicyclic) bond motifs is 16. The number of benzene rings is 10. The molecule has 0 radical (unpaired) electrons. The molecule has 0 aliphatic heterocycles. The van der Waals surface area contributed by atoms with Crippen LogP contribution in [0.25, 0.3) is 93.5 Å². The number of hydrogen-bond acceptors (Lipinski definition) is 0. The van der Waals surface area contributed by atoms with Gasteiger partial charge in [-0.05, 0) is 131 Å². The van der Waals surface area contributed by atoms with Crippen LogP contribution in [0, 0.1) is 0 Å². The number of hydrogen-bond donors (Lipinski definition) is 0. The Hall–Kier alpha value is -7.48. The van der Waals surface area contributed by atoms with Crippen molar-refractivity contribution < 1.29 is 0 Å². The van der Waals surface area contributed by atoms with Crippen molar-refractivity contribution in [3.8, 4) is 50.2 Å². The van der Waals surface area contributed by atoms with Gasteiger partial charge in [-0.25, -0.2) is 0 Å². The fraction of sp³-hybridized carbons (Fsp3) is 0.0175. The van der Waals surface area contributed by atoms with Gasteiger partial charge in [-0.2, -0.15) is 0 Å². The van der Waals surface area contributed by atoms with E-state index in [-0.39, 0.29) is 0 Å². The lowest BCUT2D eigenvalue weighted by atomic mass is 9.69. The summed E-state index contributed by atoms with van der Waals surface area (Å²) in [6, 6.07) is 79.3. The van der Waals surface area contributed by atoms with Gasteiger partial charge in [0, 0.05) is 16.5 Å². The normalized spacial score (nSPS) is 13.3. The van der Waals surface area contributed by atoms with Crippen LogP contribution in [0.15, 0.2) is 212 Å². The summed E-state index contributed by atoms with van der Waals surface area (Å²) < 4.78 is 2.40. The highest BCUT2D eigenvalue weighted by Gasteiger charge is 2.52. The van der Waals surface area contributed by atoms with Crippen LogP contribution in [0.3, 0.4) is 0 Å². The number of aromatic nitrogens is 1. The van der Waals surface area contributed by atoms with Crippen LogP contribution in [0.2, 0.25) is 0 Å². The van der Waals surface area contributed by atoms with Crippen molar-refractivity contribution in [3.05, 3.63) is 235 Å². The van der Waals surface area contributed by atoms with E-state index in [4.69, 9.17) is 0 Å². The Morgan fingerprint density at radius 2 is 0.845 bits per heavy atom. The second kappa shape index (κ2) is 11.8. The monoisotopic (exact) mass is 733 g/mol. The molecule has 0 N–H and O–H groups in total. The Labute approximate surface area is 336 Å². The fourth-order valence-electron chi connectivity index (χ4n) is 10.8. The minimum atomic E-state index is -0.409. The first-order valence-electron chi connectivity index (χ1n) is 20.3. The van der Waals surface area contributed by atoms with Crippen LogP contribution in [0.1, 0.15) is 22.3 Å². The second-order valence-electron chi connectivity index (χ2n) is 16.0. The lowest BCUT2D eigenvalue weighted by Crippen LogP contribution is -2.26.